The topological polar surface area (TPSA) is 24.9 Å². The first kappa shape index (κ1) is 13.2. The fourth-order valence-corrected chi connectivity index (χ4v) is 2.07. The van der Waals surface area contributed by atoms with E-state index >= 15 is 0 Å². The van der Waals surface area contributed by atoms with E-state index in [1.807, 2.05) is 25.1 Å². The van der Waals surface area contributed by atoms with Crippen LogP contribution >= 0.6 is 15.9 Å². The Morgan fingerprint density at radius 3 is 2.67 bits per heavy atom. The summed E-state index contributed by atoms with van der Waals surface area (Å²) in [4.78, 5) is 3.96. The molecule has 0 aliphatic heterocycles. The van der Waals surface area contributed by atoms with Gasteiger partial charge in [-0.15, -0.1) is 0 Å². The van der Waals surface area contributed by atoms with Crippen LogP contribution in [0.1, 0.15) is 24.1 Å². The van der Waals surface area contributed by atoms with E-state index in [-0.39, 0.29) is 11.9 Å². The molecule has 4 heteroatoms. The molecule has 0 radical (unpaired) electrons. The van der Waals surface area contributed by atoms with Crippen LogP contribution in [0.2, 0.25) is 0 Å². The Balaban J connectivity index is 2.01. The Morgan fingerprint density at radius 2 is 2.00 bits per heavy atom. The van der Waals surface area contributed by atoms with Crippen LogP contribution in [0.15, 0.2) is 47.2 Å². The number of pyridine rings is 1. The first-order valence-electron chi connectivity index (χ1n) is 5.74. The summed E-state index contributed by atoms with van der Waals surface area (Å²) in [6.45, 7) is 2.65. The molecule has 0 aliphatic carbocycles. The molecule has 1 heterocycles. The molecule has 0 saturated heterocycles. The van der Waals surface area contributed by atoms with Gasteiger partial charge in [-0.2, -0.15) is 0 Å². The Kier molecular flexibility index (Phi) is 4.44. The first-order valence-corrected chi connectivity index (χ1v) is 6.53. The van der Waals surface area contributed by atoms with Crippen LogP contribution in [-0.4, -0.2) is 4.98 Å². The number of nitrogens with zero attached hydrogens (tertiary/aromatic N) is 1. The van der Waals surface area contributed by atoms with Crippen LogP contribution in [0.3, 0.4) is 0 Å². The number of hydrogen-bond acceptors (Lipinski definition) is 2. The predicted octanol–water partition coefficient (Wildman–Crippen LogP) is 3.83. The minimum Gasteiger partial charge on any atom is -0.306 e. The second-order valence-corrected chi connectivity index (χ2v) is 5.04. The summed E-state index contributed by atoms with van der Waals surface area (Å²) in [6, 6.07) is 8.98. The van der Waals surface area contributed by atoms with Gasteiger partial charge < -0.3 is 5.32 Å². The Morgan fingerprint density at radius 1 is 1.28 bits per heavy atom. The molecule has 2 rings (SSSR count). The van der Waals surface area contributed by atoms with E-state index in [1.165, 1.54) is 6.07 Å². The second-order valence-electron chi connectivity index (χ2n) is 4.12. The predicted molar refractivity (Wildman–Crippen MR) is 73.6 cm³/mol. The van der Waals surface area contributed by atoms with E-state index in [4.69, 9.17) is 0 Å². The monoisotopic (exact) mass is 308 g/mol. The molecule has 1 unspecified atom stereocenters. The van der Waals surface area contributed by atoms with Crippen molar-refractivity contribution >= 4 is 15.9 Å². The lowest BCUT2D eigenvalue weighted by Gasteiger charge is -2.15. The molecule has 1 aromatic heterocycles. The van der Waals surface area contributed by atoms with E-state index in [0.717, 1.165) is 10.0 Å². The molecule has 2 nitrogen and oxygen atoms in total. The van der Waals surface area contributed by atoms with Crippen molar-refractivity contribution < 1.29 is 4.39 Å². The maximum absolute atomic E-state index is 13.7. The van der Waals surface area contributed by atoms with E-state index in [2.05, 4.69) is 26.2 Å². The number of nitrogens with one attached hydrogen (secondary N) is 1. The third-order valence-electron chi connectivity index (χ3n) is 2.79. The van der Waals surface area contributed by atoms with Crippen molar-refractivity contribution in [3.8, 4) is 0 Å². The first-order chi connectivity index (χ1) is 8.66. The van der Waals surface area contributed by atoms with Crippen LogP contribution in [0, 0.1) is 5.82 Å². The highest BCUT2D eigenvalue weighted by molar-refractivity contribution is 9.10. The molecular weight excluding hydrogens is 295 g/mol. The standard InChI is InChI=1S/C14H14BrFN2/c1-10(13-3-2-12(15)8-14(13)16)18-9-11-4-6-17-7-5-11/h2-8,10,18H,9H2,1H3. The summed E-state index contributed by atoms with van der Waals surface area (Å²) in [5.41, 5.74) is 1.81. The van der Waals surface area contributed by atoms with Crippen LogP contribution in [0.25, 0.3) is 0 Å². The van der Waals surface area contributed by atoms with Crippen LogP contribution in [-0.2, 0) is 6.54 Å². The molecule has 0 spiro atoms. The van der Waals surface area contributed by atoms with Gasteiger partial charge in [-0.05, 0) is 36.8 Å². The van der Waals surface area contributed by atoms with Gasteiger partial charge in [0, 0.05) is 35.0 Å². The maximum Gasteiger partial charge on any atom is 0.129 e. The SMILES string of the molecule is CC(NCc1ccncc1)c1ccc(Br)cc1F. The number of aromatic nitrogens is 1. The summed E-state index contributed by atoms with van der Waals surface area (Å²) >= 11 is 3.25. The molecule has 1 atom stereocenters. The molecule has 0 saturated carbocycles. The lowest BCUT2D eigenvalue weighted by Crippen LogP contribution is -2.19. The molecule has 0 fully saturated rings. The normalized spacial score (nSPS) is 12.4. The summed E-state index contributed by atoms with van der Waals surface area (Å²) in [5, 5.41) is 3.29. The zero-order valence-electron chi connectivity index (χ0n) is 10.0. The fraction of sp³-hybridized carbons (Fsp3) is 0.214. The lowest BCUT2D eigenvalue weighted by atomic mass is 10.1. The van der Waals surface area contributed by atoms with Gasteiger partial charge in [-0.3, -0.25) is 4.98 Å². The average Bonchev–Trinajstić information content (AvgIpc) is 2.37. The third kappa shape index (κ3) is 3.37. The fourth-order valence-electron chi connectivity index (χ4n) is 1.73. The van der Waals surface area contributed by atoms with Crippen LogP contribution in [0.5, 0.6) is 0 Å². The summed E-state index contributed by atoms with van der Waals surface area (Å²) < 4.78 is 14.5. The molecule has 18 heavy (non-hydrogen) atoms. The van der Waals surface area contributed by atoms with Crippen molar-refractivity contribution in [1.29, 1.82) is 0 Å². The molecular formula is C14H14BrFN2. The third-order valence-corrected chi connectivity index (χ3v) is 3.28. The summed E-state index contributed by atoms with van der Waals surface area (Å²) in [5.74, 6) is -0.195. The van der Waals surface area contributed by atoms with Crippen LogP contribution in [0.4, 0.5) is 4.39 Å². The van der Waals surface area contributed by atoms with E-state index in [1.54, 1.807) is 18.5 Å². The molecule has 2 aromatic rings. The van der Waals surface area contributed by atoms with Gasteiger partial charge in [-0.1, -0.05) is 22.0 Å². The number of halogens is 2. The zero-order chi connectivity index (χ0) is 13.0. The molecule has 0 bridgehead atoms. The second kappa shape index (κ2) is 6.07. The van der Waals surface area contributed by atoms with Crippen molar-refractivity contribution in [3.63, 3.8) is 0 Å². The average molecular weight is 309 g/mol. The lowest BCUT2D eigenvalue weighted by molar-refractivity contribution is 0.528. The van der Waals surface area contributed by atoms with Crippen molar-refractivity contribution in [3.05, 3.63) is 64.1 Å². The largest absolute Gasteiger partial charge is 0.306 e. The molecule has 0 amide bonds. The van der Waals surface area contributed by atoms with Crippen molar-refractivity contribution in [2.45, 2.75) is 19.5 Å². The van der Waals surface area contributed by atoms with Crippen molar-refractivity contribution in [1.82, 2.24) is 10.3 Å². The van der Waals surface area contributed by atoms with Gasteiger partial charge in [0.15, 0.2) is 0 Å². The highest BCUT2D eigenvalue weighted by atomic mass is 79.9. The van der Waals surface area contributed by atoms with Gasteiger partial charge in [-0.25, -0.2) is 4.39 Å². The van der Waals surface area contributed by atoms with Crippen molar-refractivity contribution in [2.75, 3.05) is 0 Å². The summed E-state index contributed by atoms with van der Waals surface area (Å²) in [6.07, 6.45) is 3.50. The smallest absolute Gasteiger partial charge is 0.129 e. The Hall–Kier alpha value is -1.26. The minimum atomic E-state index is -0.195. The highest BCUT2D eigenvalue weighted by Gasteiger charge is 2.10. The molecule has 1 N–H and O–H groups in total. The van der Waals surface area contributed by atoms with Crippen molar-refractivity contribution in [2.24, 2.45) is 0 Å². The summed E-state index contributed by atoms with van der Waals surface area (Å²) in [7, 11) is 0. The van der Waals surface area contributed by atoms with Crippen LogP contribution < -0.4 is 5.32 Å². The molecule has 0 aliphatic rings. The van der Waals surface area contributed by atoms with Gasteiger partial charge in [0.05, 0.1) is 0 Å². The van der Waals surface area contributed by atoms with E-state index < -0.39 is 0 Å². The minimum absolute atomic E-state index is 0.0359. The Bertz CT molecular complexity index is 516. The molecule has 1 aromatic carbocycles. The van der Waals surface area contributed by atoms with Gasteiger partial charge in [0.25, 0.3) is 0 Å². The maximum atomic E-state index is 13.7. The highest BCUT2D eigenvalue weighted by Crippen LogP contribution is 2.21. The quantitative estimate of drug-likeness (QED) is 0.928. The zero-order valence-corrected chi connectivity index (χ0v) is 11.6. The van der Waals surface area contributed by atoms with Gasteiger partial charge in [0.2, 0.25) is 0 Å². The van der Waals surface area contributed by atoms with Gasteiger partial charge >= 0.3 is 0 Å². The molecule has 94 valence electrons. The number of rotatable bonds is 4. The van der Waals surface area contributed by atoms with Gasteiger partial charge in [0.1, 0.15) is 5.82 Å². The van der Waals surface area contributed by atoms with E-state index in [0.29, 0.717) is 12.1 Å². The number of hydrogen-bond donors (Lipinski definition) is 1. The number of benzene rings is 1. The Labute approximate surface area is 114 Å². The van der Waals surface area contributed by atoms with E-state index in [9.17, 15) is 4.39 Å².